The van der Waals surface area contributed by atoms with Crippen LogP contribution in [0, 0.1) is 0 Å². The minimum absolute atomic E-state index is 0.265. The second-order valence-electron chi connectivity index (χ2n) is 3.35. The van der Waals surface area contributed by atoms with Crippen molar-refractivity contribution in [1.82, 2.24) is 9.80 Å². The highest BCUT2D eigenvalue weighted by atomic mass is 16.2. The molecule has 0 N–H and O–H groups in total. The molecule has 11 heavy (non-hydrogen) atoms. The summed E-state index contributed by atoms with van der Waals surface area (Å²) in [5.74, 6) is 0.265. The lowest BCUT2D eigenvalue weighted by molar-refractivity contribution is -0.129. The van der Waals surface area contributed by atoms with Crippen LogP contribution in [0.4, 0.5) is 0 Å². The molecule has 1 heterocycles. The van der Waals surface area contributed by atoms with E-state index in [2.05, 4.69) is 18.9 Å². The topological polar surface area (TPSA) is 23.6 Å². The van der Waals surface area contributed by atoms with Gasteiger partial charge in [0, 0.05) is 32.6 Å². The van der Waals surface area contributed by atoms with Crippen molar-refractivity contribution in [2.75, 3.05) is 27.2 Å². The zero-order chi connectivity index (χ0) is 8.43. The van der Waals surface area contributed by atoms with E-state index in [0.29, 0.717) is 12.5 Å². The average Bonchev–Trinajstić information content (AvgIpc) is 2.05. The second kappa shape index (κ2) is 3.22. The Balaban J connectivity index is 2.58. The van der Waals surface area contributed by atoms with E-state index in [9.17, 15) is 4.79 Å². The Hall–Kier alpha value is -0.570. The monoisotopic (exact) mass is 156 g/mol. The van der Waals surface area contributed by atoms with Crippen molar-refractivity contribution >= 4 is 5.91 Å². The number of nitrogens with zero attached hydrogens (tertiary/aromatic N) is 2. The maximum absolute atomic E-state index is 11.2. The van der Waals surface area contributed by atoms with Gasteiger partial charge in [-0.15, -0.1) is 0 Å². The predicted octanol–water partition coefficient (Wildman–Crippen LogP) is 0.169. The average molecular weight is 156 g/mol. The molecule has 1 fully saturated rings. The third kappa shape index (κ3) is 1.93. The molecule has 64 valence electrons. The SMILES string of the molecule is CC1CN(C)C(=O)CCN1C. The molecule has 1 amide bonds. The lowest BCUT2D eigenvalue weighted by atomic mass is 10.3. The number of rotatable bonds is 0. The molecule has 0 aromatic carbocycles. The Kier molecular flexibility index (Phi) is 2.49. The van der Waals surface area contributed by atoms with Crippen LogP contribution in [0.2, 0.25) is 0 Å². The summed E-state index contributed by atoms with van der Waals surface area (Å²) in [4.78, 5) is 15.2. The Morgan fingerprint density at radius 2 is 2.09 bits per heavy atom. The molecule has 0 saturated carbocycles. The van der Waals surface area contributed by atoms with Gasteiger partial charge in [0.25, 0.3) is 0 Å². The fourth-order valence-electron chi connectivity index (χ4n) is 1.32. The second-order valence-corrected chi connectivity index (χ2v) is 3.35. The molecule has 1 aliphatic heterocycles. The highest BCUT2D eigenvalue weighted by Gasteiger charge is 2.20. The molecule has 0 spiro atoms. The minimum atomic E-state index is 0.265. The van der Waals surface area contributed by atoms with E-state index in [1.54, 1.807) is 0 Å². The van der Waals surface area contributed by atoms with Crippen LogP contribution in [0.1, 0.15) is 13.3 Å². The predicted molar refractivity (Wildman–Crippen MR) is 44.3 cm³/mol. The van der Waals surface area contributed by atoms with E-state index < -0.39 is 0 Å². The van der Waals surface area contributed by atoms with Crippen molar-refractivity contribution < 1.29 is 4.79 Å². The summed E-state index contributed by atoms with van der Waals surface area (Å²) >= 11 is 0. The highest BCUT2D eigenvalue weighted by Crippen LogP contribution is 2.06. The largest absolute Gasteiger partial charge is 0.344 e. The van der Waals surface area contributed by atoms with Crippen LogP contribution < -0.4 is 0 Å². The van der Waals surface area contributed by atoms with Crippen molar-refractivity contribution in [2.24, 2.45) is 0 Å². The molecule has 1 unspecified atom stereocenters. The molecular weight excluding hydrogens is 140 g/mol. The Morgan fingerprint density at radius 1 is 1.45 bits per heavy atom. The number of carbonyl (C=O) groups is 1. The number of likely N-dealkylation sites (N-methyl/N-ethyl adjacent to an activating group) is 2. The van der Waals surface area contributed by atoms with E-state index in [1.165, 1.54) is 0 Å². The van der Waals surface area contributed by atoms with E-state index in [-0.39, 0.29) is 5.91 Å². The molecule has 0 aromatic heterocycles. The van der Waals surface area contributed by atoms with Crippen molar-refractivity contribution in [1.29, 1.82) is 0 Å². The molecule has 3 nitrogen and oxygen atoms in total. The zero-order valence-corrected chi connectivity index (χ0v) is 7.50. The summed E-state index contributed by atoms with van der Waals surface area (Å²) in [6, 6.07) is 0.492. The fourth-order valence-corrected chi connectivity index (χ4v) is 1.32. The van der Waals surface area contributed by atoms with Gasteiger partial charge in [0.15, 0.2) is 0 Å². The van der Waals surface area contributed by atoms with Gasteiger partial charge in [-0.3, -0.25) is 4.79 Å². The molecular formula is C8H16N2O. The van der Waals surface area contributed by atoms with Gasteiger partial charge < -0.3 is 9.80 Å². The lowest BCUT2D eigenvalue weighted by Crippen LogP contribution is -2.35. The first-order valence-electron chi connectivity index (χ1n) is 4.05. The molecule has 1 atom stereocenters. The first kappa shape index (κ1) is 8.53. The number of hydrogen-bond acceptors (Lipinski definition) is 2. The molecule has 1 aliphatic rings. The van der Waals surface area contributed by atoms with Gasteiger partial charge in [0.2, 0.25) is 5.91 Å². The van der Waals surface area contributed by atoms with Gasteiger partial charge in [-0.2, -0.15) is 0 Å². The Bertz CT molecular complexity index is 158. The number of carbonyl (C=O) groups excluding carboxylic acids is 1. The summed E-state index contributed by atoms with van der Waals surface area (Å²) in [7, 11) is 3.94. The molecule has 0 aliphatic carbocycles. The smallest absolute Gasteiger partial charge is 0.223 e. The van der Waals surface area contributed by atoms with E-state index in [1.807, 2.05) is 11.9 Å². The van der Waals surface area contributed by atoms with Crippen LogP contribution in [-0.2, 0) is 4.79 Å². The van der Waals surface area contributed by atoms with Gasteiger partial charge in [-0.25, -0.2) is 0 Å². The van der Waals surface area contributed by atoms with Gasteiger partial charge in [-0.05, 0) is 14.0 Å². The maximum Gasteiger partial charge on any atom is 0.223 e. The Labute approximate surface area is 68.0 Å². The quantitative estimate of drug-likeness (QED) is 0.499. The third-order valence-electron chi connectivity index (χ3n) is 2.39. The molecule has 3 heteroatoms. The van der Waals surface area contributed by atoms with Crippen LogP contribution in [0.5, 0.6) is 0 Å². The third-order valence-corrected chi connectivity index (χ3v) is 2.39. The molecule has 1 rings (SSSR count). The summed E-state index contributed by atoms with van der Waals surface area (Å²) < 4.78 is 0. The highest BCUT2D eigenvalue weighted by molar-refractivity contribution is 5.76. The minimum Gasteiger partial charge on any atom is -0.344 e. The molecule has 0 bridgehead atoms. The first-order valence-corrected chi connectivity index (χ1v) is 4.05. The molecule has 0 aromatic rings. The van der Waals surface area contributed by atoms with Crippen molar-refractivity contribution in [3.8, 4) is 0 Å². The number of amides is 1. The van der Waals surface area contributed by atoms with E-state index in [4.69, 9.17) is 0 Å². The first-order chi connectivity index (χ1) is 5.11. The van der Waals surface area contributed by atoms with E-state index >= 15 is 0 Å². The van der Waals surface area contributed by atoms with Crippen molar-refractivity contribution in [3.05, 3.63) is 0 Å². The van der Waals surface area contributed by atoms with Gasteiger partial charge in [0.1, 0.15) is 0 Å². The maximum atomic E-state index is 11.2. The van der Waals surface area contributed by atoms with Gasteiger partial charge >= 0.3 is 0 Å². The molecule has 0 radical (unpaired) electrons. The van der Waals surface area contributed by atoms with Gasteiger partial charge in [-0.1, -0.05) is 0 Å². The van der Waals surface area contributed by atoms with Crippen molar-refractivity contribution in [3.63, 3.8) is 0 Å². The fraction of sp³-hybridized carbons (Fsp3) is 0.875. The van der Waals surface area contributed by atoms with Crippen LogP contribution in [-0.4, -0.2) is 48.9 Å². The van der Waals surface area contributed by atoms with E-state index in [0.717, 1.165) is 13.1 Å². The lowest BCUT2D eigenvalue weighted by Gasteiger charge is -2.22. The summed E-state index contributed by atoms with van der Waals surface area (Å²) in [6.07, 6.45) is 0.664. The summed E-state index contributed by atoms with van der Waals surface area (Å²) in [6.45, 7) is 3.90. The summed E-state index contributed by atoms with van der Waals surface area (Å²) in [5.41, 5.74) is 0. The normalized spacial score (nSPS) is 28.8. The van der Waals surface area contributed by atoms with Crippen molar-refractivity contribution in [2.45, 2.75) is 19.4 Å². The summed E-state index contributed by atoms with van der Waals surface area (Å²) in [5, 5.41) is 0. The zero-order valence-electron chi connectivity index (χ0n) is 7.50. The molecule has 1 saturated heterocycles. The van der Waals surface area contributed by atoms with Gasteiger partial charge in [0.05, 0.1) is 0 Å². The Morgan fingerprint density at radius 3 is 2.73 bits per heavy atom. The standard InChI is InChI=1S/C8H16N2O/c1-7-6-10(3)8(11)4-5-9(7)2/h7H,4-6H2,1-3H3. The van der Waals surface area contributed by atoms with Crippen LogP contribution in [0.15, 0.2) is 0 Å². The van der Waals surface area contributed by atoms with Crippen LogP contribution in [0.3, 0.4) is 0 Å². The number of hydrogen-bond donors (Lipinski definition) is 0. The van der Waals surface area contributed by atoms with Crippen LogP contribution >= 0.6 is 0 Å². The van der Waals surface area contributed by atoms with Crippen LogP contribution in [0.25, 0.3) is 0 Å².